The largest absolute Gasteiger partial charge is 0.492 e. The van der Waals surface area contributed by atoms with Crippen molar-refractivity contribution in [3.05, 3.63) is 29.8 Å². The second-order valence-electron chi connectivity index (χ2n) is 6.38. The molecule has 8 heteroatoms. The van der Waals surface area contributed by atoms with Gasteiger partial charge in [0.25, 0.3) is 0 Å². The lowest BCUT2D eigenvalue weighted by Crippen LogP contribution is -2.29. The highest BCUT2D eigenvalue weighted by Crippen LogP contribution is 2.25. The summed E-state index contributed by atoms with van der Waals surface area (Å²) in [5.41, 5.74) is 1.40. The number of hydrogen-bond donors (Lipinski definition) is 2. The Balaban J connectivity index is 1.64. The minimum atomic E-state index is -0.0436. The molecule has 0 saturated carbocycles. The fourth-order valence-electron chi connectivity index (χ4n) is 1.96. The van der Waals surface area contributed by atoms with Gasteiger partial charge in [-0.3, -0.25) is 4.79 Å². The molecule has 0 fully saturated rings. The molecule has 0 radical (unpaired) electrons. The quantitative estimate of drug-likeness (QED) is 0.541. The third-order valence-electron chi connectivity index (χ3n) is 3.36. The van der Waals surface area contributed by atoms with E-state index in [-0.39, 0.29) is 11.3 Å². The Bertz CT molecular complexity index is 681. The molecule has 0 bridgehead atoms. The molecule has 136 valence electrons. The molecule has 2 aromatic rings. The predicted molar refractivity (Wildman–Crippen MR) is 104 cm³/mol. The van der Waals surface area contributed by atoms with Gasteiger partial charge in [-0.15, -0.1) is 10.2 Å². The number of benzene rings is 1. The lowest BCUT2D eigenvalue weighted by molar-refractivity contribution is -0.118. The van der Waals surface area contributed by atoms with Gasteiger partial charge < -0.3 is 15.4 Å². The van der Waals surface area contributed by atoms with E-state index in [9.17, 15) is 4.79 Å². The van der Waals surface area contributed by atoms with Gasteiger partial charge in [-0.1, -0.05) is 56.0 Å². The third kappa shape index (κ3) is 6.55. The van der Waals surface area contributed by atoms with Crippen molar-refractivity contribution in [3.63, 3.8) is 0 Å². The molecule has 0 unspecified atom stereocenters. The normalized spacial score (nSPS) is 11.2. The van der Waals surface area contributed by atoms with Gasteiger partial charge in [0.1, 0.15) is 12.4 Å². The highest BCUT2D eigenvalue weighted by Gasteiger charge is 2.13. The monoisotopic (exact) mass is 380 g/mol. The second kappa shape index (κ2) is 9.05. The molecule has 0 saturated heterocycles. The van der Waals surface area contributed by atoms with E-state index in [0.717, 1.165) is 15.2 Å². The molecular weight excluding hydrogens is 356 g/mol. The zero-order chi connectivity index (χ0) is 18.3. The van der Waals surface area contributed by atoms with Crippen LogP contribution in [0.4, 0.5) is 5.13 Å². The molecule has 1 aromatic carbocycles. The van der Waals surface area contributed by atoms with Gasteiger partial charge in [0.15, 0.2) is 4.34 Å². The molecule has 1 aromatic heterocycles. The van der Waals surface area contributed by atoms with Crippen molar-refractivity contribution in [1.82, 2.24) is 15.5 Å². The maximum Gasteiger partial charge on any atom is 0.230 e. The van der Waals surface area contributed by atoms with Crippen LogP contribution in [0.3, 0.4) is 0 Å². The fraction of sp³-hybridized carbons (Fsp3) is 0.471. The van der Waals surface area contributed by atoms with Crippen molar-refractivity contribution in [1.29, 1.82) is 0 Å². The standard InChI is InChI=1S/C17H24N4O2S2/c1-17(2,3)12-5-7-13(8-6-12)23-10-9-19-14(22)11-24-16-21-20-15(18-4)25-16/h5-8H,9-11H2,1-4H3,(H,18,20)(H,19,22). The van der Waals surface area contributed by atoms with E-state index in [2.05, 4.69) is 53.7 Å². The third-order valence-corrected chi connectivity index (χ3v) is 5.43. The van der Waals surface area contributed by atoms with Crippen LogP contribution in [0.1, 0.15) is 26.3 Å². The highest BCUT2D eigenvalue weighted by molar-refractivity contribution is 8.01. The Morgan fingerprint density at radius 1 is 1.24 bits per heavy atom. The van der Waals surface area contributed by atoms with E-state index in [1.165, 1.54) is 28.7 Å². The van der Waals surface area contributed by atoms with Crippen LogP contribution in [0, 0.1) is 0 Å². The van der Waals surface area contributed by atoms with E-state index in [0.29, 0.717) is 18.9 Å². The lowest BCUT2D eigenvalue weighted by atomic mass is 9.87. The zero-order valence-electron chi connectivity index (χ0n) is 15.0. The van der Waals surface area contributed by atoms with Crippen LogP contribution in [-0.2, 0) is 10.2 Å². The van der Waals surface area contributed by atoms with E-state index < -0.39 is 0 Å². The number of carbonyl (C=O) groups is 1. The van der Waals surface area contributed by atoms with Gasteiger partial charge in [-0.25, -0.2) is 0 Å². The molecule has 2 rings (SSSR count). The van der Waals surface area contributed by atoms with Gasteiger partial charge in [0, 0.05) is 7.05 Å². The van der Waals surface area contributed by atoms with Gasteiger partial charge >= 0.3 is 0 Å². The van der Waals surface area contributed by atoms with Crippen molar-refractivity contribution in [2.45, 2.75) is 30.5 Å². The molecule has 0 aliphatic rings. The summed E-state index contributed by atoms with van der Waals surface area (Å²) in [5, 5.41) is 14.4. The SMILES string of the molecule is CNc1nnc(SCC(=O)NCCOc2ccc(C(C)(C)C)cc2)s1. The molecule has 1 heterocycles. The summed E-state index contributed by atoms with van der Waals surface area (Å²) in [6.07, 6.45) is 0. The maximum atomic E-state index is 11.8. The van der Waals surface area contributed by atoms with Crippen LogP contribution in [0.5, 0.6) is 5.75 Å². The van der Waals surface area contributed by atoms with Crippen LogP contribution in [-0.4, -0.2) is 42.1 Å². The number of aromatic nitrogens is 2. The topological polar surface area (TPSA) is 76.1 Å². The molecule has 0 spiro atoms. The van der Waals surface area contributed by atoms with Gasteiger partial charge in [-0.2, -0.15) is 0 Å². The summed E-state index contributed by atoms with van der Waals surface area (Å²) in [5.74, 6) is 1.08. The first-order valence-corrected chi connectivity index (χ1v) is 9.83. The number of thioether (sulfide) groups is 1. The zero-order valence-corrected chi connectivity index (χ0v) is 16.6. The summed E-state index contributed by atoms with van der Waals surface area (Å²) >= 11 is 2.80. The van der Waals surface area contributed by atoms with Gasteiger partial charge in [0.2, 0.25) is 11.0 Å². The number of carbonyl (C=O) groups excluding carboxylic acids is 1. The molecule has 0 atom stereocenters. The van der Waals surface area contributed by atoms with E-state index >= 15 is 0 Å². The van der Waals surface area contributed by atoms with Crippen molar-refractivity contribution in [2.24, 2.45) is 0 Å². The van der Waals surface area contributed by atoms with Crippen LogP contribution in [0.25, 0.3) is 0 Å². The van der Waals surface area contributed by atoms with Crippen molar-refractivity contribution < 1.29 is 9.53 Å². The molecule has 0 aliphatic carbocycles. The number of ether oxygens (including phenoxy) is 1. The van der Waals surface area contributed by atoms with Crippen LogP contribution in [0.2, 0.25) is 0 Å². The summed E-state index contributed by atoms with van der Waals surface area (Å²) in [4.78, 5) is 11.8. The number of nitrogens with zero attached hydrogens (tertiary/aromatic N) is 2. The van der Waals surface area contributed by atoms with Crippen LogP contribution >= 0.6 is 23.1 Å². The first-order valence-electron chi connectivity index (χ1n) is 8.02. The molecule has 2 N–H and O–H groups in total. The van der Waals surface area contributed by atoms with Gasteiger partial charge in [0.05, 0.1) is 12.3 Å². The first-order chi connectivity index (χ1) is 11.9. The highest BCUT2D eigenvalue weighted by atomic mass is 32.2. The molecule has 1 amide bonds. The maximum absolute atomic E-state index is 11.8. The Morgan fingerprint density at radius 3 is 2.56 bits per heavy atom. The van der Waals surface area contributed by atoms with Gasteiger partial charge in [-0.05, 0) is 23.1 Å². The number of amides is 1. The second-order valence-corrected chi connectivity index (χ2v) is 8.58. The summed E-state index contributed by atoms with van der Waals surface area (Å²) in [7, 11) is 1.79. The molecule has 6 nitrogen and oxygen atoms in total. The predicted octanol–water partition coefficient (Wildman–Crippen LogP) is 3.16. The first kappa shape index (κ1) is 19.5. The Morgan fingerprint density at radius 2 is 1.96 bits per heavy atom. The number of hydrogen-bond acceptors (Lipinski definition) is 7. The number of anilines is 1. The minimum absolute atomic E-state index is 0.0436. The van der Waals surface area contributed by atoms with Crippen LogP contribution < -0.4 is 15.4 Å². The molecule has 0 aliphatic heterocycles. The smallest absolute Gasteiger partial charge is 0.230 e. The Hall–Kier alpha value is -1.80. The van der Waals surface area contributed by atoms with Crippen LogP contribution in [0.15, 0.2) is 28.6 Å². The molecule has 25 heavy (non-hydrogen) atoms. The minimum Gasteiger partial charge on any atom is -0.492 e. The Kier molecular flexibility index (Phi) is 7.07. The average Bonchev–Trinajstić information content (AvgIpc) is 3.04. The Labute approximate surface area is 156 Å². The number of rotatable bonds is 8. The number of nitrogens with one attached hydrogen (secondary N) is 2. The average molecular weight is 381 g/mol. The van der Waals surface area contributed by atoms with E-state index in [1.807, 2.05) is 12.1 Å². The molecular formula is C17H24N4O2S2. The summed E-state index contributed by atoms with van der Waals surface area (Å²) in [6.45, 7) is 7.44. The van der Waals surface area contributed by atoms with Crippen molar-refractivity contribution in [3.8, 4) is 5.75 Å². The van der Waals surface area contributed by atoms with Crippen molar-refractivity contribution in [2.75, 3.05) is 31.3 Å². The summed E-state index contributed by atoms with van der Waals surface area (Å²) in [6, 6.07) is 8.08. The van der Waals surface area contributed by atoms with E-state index in [4.69, 9.17) is 4.74 Å². The lowest BCUT2D eigenvalue weighted by Gasteiger charge is -2.19. The van der Waals surface area contributed by atoms with Crippen molar-refractivity contribution >= 4 is 34.1 Å². The summed E-state index contributed by atoms with van der Waals surface area (Å²) < 4.78 is 6.43. The fourth-order valence-corrected chi connectivity index (χ4v) is 3.49. The van der Waals surface area contributed by atoms with E-state index in [1.54, 1.807) is 7.05 Å².